The summed E-state index contributed by atoms with van der Waals surface area (Å²) in [6.07, 6.45) is 0. The van der Waals surface area contributed by atoms with Gasteiger partial charge in [-0.1, -0.05) is 6.07 Å². The molecule has 0 aliphatic carbocycles. The average Bonchev–Trinajstić information content (AvgIpc) is 2.40. The Morgan fingerprint density at radius 2 is 1.89 bits per heavy atom. The number of methoxy groups -OCH3 is 1. The number of halogens is 1. The lowest BCUT2D eigenvalue weighted by Gasteiger charge is -2.10. The van der Waals surface area contributed by atoms with Crippen molar-refractivity contribution in [2.45, 2.75) is 0 Å². The Hall–Kier alpha value is -2.56. The molecule has 2 aromatic rings. The zero-order chi connectivity index (χ0) is 13.8. The number of hydrogen-bond acceptors (Lipinski definition) is 3. The fourth-order valence-electron chi connectivity index (χ4n) is 1.64. The molecule has 0 aliphatic rings. The number of carbonyl (C=O) groups is 1. The van der Waals surface area contributed by atoms with Crippen molar-refractivity contribution >= 4 is 11.6 Å². The van der Waals surface area contributed by atoms with Crippen molar-refractivity contribution < 1.29 is 19.0 Å². The van der Waals surface area contributed by atoms with Crippen molar-refractivity contribution in [3.63, 3.8) is 0 Å². The summed E-state index contributed by atoms with van der Waals surface area (Å²) < 4.78 is 17.8. The second-order valence-corrected chi connectivity index (χ2v) is 3.82. The van der Waals surface area contributed by atoms with Gasteiger partial charge in [0.05, 0.1) is 7.11 Å². The predicted octanol–water partition coefficient (Wildman–Crippen LogP) is 2.79. The summed E-state index contributed by atoms with van der Waals surface area (Å²) in [5.41, 5.74) is 0.464. The van der Waals surface area contributed by atoms with Crippen LogP contribution in [0, 0.1) is 5.82 Å². The van der Waals surface area contributed by atoms with Crippen molar-refractivity contribution in [3.05, 3.63) is 53.8 Å². The Balaban J connectivity index is 2.27. The second kappa shape index (κ2) is 5.39. The molecule has 19 heavy (non-hydrogen) atoms. The summed E-state index contributed by atoms with van der Waals surface area (Å²) >= 11 is 0. The number of benzene rings is 2. The summed E-state index contributed by atoms with van der Waals surface area (Å²) in [4.78, 5) is 12.1. The van der Waals surface area contributed by atoms with Gasteiger partial charge in [0.2, 0.25) is 0 Å². The maximum Gasteiger partial charge on any atom is 0.263 e. The number of aromatic hydroxyl groups is 1. The van der Waals surface area contributed by atoms with Crippen LogP contribution in [-0.4, -0.2) is 18.1 Å². The highest BCUT2D eigenvalue weighted by Gasteiger charge is 2.17. The van der Waals surface area contributed by atoms with E-state index in [1.165, 1.54) is 37.4 Å². The number of rotatable bonds is 3. The van der Waals surface area contributed by atoms with E-state index in [4.69, 9.17) is 4.74 Å². The SMILES string of the molecule is COc1cccc(O)c1C(=O)Nc1ccc(F)cc1. The minimum Gasteiger partial charge on any atom is -0.507 e. The average molecular weight is 261 g/mol. The molecular weight excluding hydrogens is 249 g/mol. The highest BCUT2D eigenvalue weighted by molar-refractivity contribution is 6.08. The quantitative estimate of drug-likeness (QED) is 0.893. The van der Waals surface area contributed by atoms with Crippen LogP contribution in [0.2, 0.25) is 0 Å². The lowest BCUT2D eigenvalue weighted by molar-refractivity contribution is 0.102. The minimum absolute atomic E-state index is 0.0364. The standard InChI is InChI=1S/C14H12FNO3/c1-19-12-4-2-3-11(17)13(12)14(18)16-10-7-5-9(15)6-8-10/h2-8,17H,1H3,(H,16,18). The number of ether oxygens (including phenoxy) is 1. The first-order valence-corrected chi connectivity index (χ1v) is 5.54. The van der Waals surface area contributed by atoms with Crippen LogP contribution in [0.5, 0.6) is 11.5 Å². The zero-order valence-corrected chi connectivity index (χ0v) is 10.2. The maximum atomic E-state index is 12.8. The predicted molar refractivity (Wildman–Crippen MR) is 69.0 cm³/mol. The van der Waals surface area contributed by atoms with Gasteiger partial charge in [0.1, 0.15) is 22.9 Å². The summed E-state index contributed by atoms with van der Waals surface area (Å²) in [6, 6.07) is 9.86. The summed E-state index contributed by atoms with van der Waals surface area (Å²) in [7, 11) is 1.41. The van der Waals surface area contributed by atoms with Crippen LogP contribution in [0.25, 0.3) is 0 Å². The molecule has 0 saturated heterocycles. The topological polar surface area (TPSA) is 58.6 Å². The molecule has 5 heteroatoms. The van der Waals surface area contributed by atoms with E-state index in [1.54, 1.807) is 12.1 Å². The van der Waals surface area contributed by atoms with Crippen molar-refractivity contribution in [1.82, 2.24) is 0 Å². The third-order valence-electron chi connectivity index (χ3n) is 2.55. The van der Waals surface area contributed by atoms with Crippen LogP contribution in [0.1, 0.15) is 10.4 Å². The number of nitrogens with one attached hydrogen (secondary N) is 1. The Kier molecular flexibility index (Phi) is 3.66. The van der Waals surface area contributed by atoms with E-state index < -0.39 is 11.7 Å². The lowest BCUT2D eigenvalue weighted by Crippen LogP contribution is -2.13. The van der Waals surface area contributed by atoms with Gasteiger partial charge in [-0.25, -0.2) is 4.39 Å². The van der Waals surface area contributed by atoms with Gasteiger partial charge >= 0.3 is 0 Å². The molecular formula is C14H12FNO3. The first-order chi connectivity index (χ1) is 9.11. The van der Waals surface area contributed by atoms with Gasteiger partial charge in [-0.2, -0.15) is 0 Å². The molecule has 4 nitrogen and oxygen atoms in total. The number of hydrogen-bond donors (Lipinski definition) is 2. The number of carbonyl (C=O) groups excluding carboxylic acids is 1. The first-order valence-electron chi connectivity index (χ1n) is 5.54. The van der Waals surface area contributed by atoms with Gasteiger partial charge in [-0.15, -0.1) is 0 Å². The summed E-state index contributed by atoms with van der Waals surface area (Å²) in [5, 5.41) is 12.3. The molecule has 1 amide bonds. The highest BCUT2D eigenvalue weighted by Crippen LogP contribution is 2.28. The van der Waals surface area contributed by atoms with Crippen LogP contribution >= 0.6 is 0 Å². The van der Waals surface area contributed by atoms with Crippen LogP contribution in [0.4, 0.5) is 10.1 Å². The fraction of sp³-hybridized carbons (Fsp3) is 0.0714. The van der Waals surface area contributed by atoms with Crippen molar-refractivity contribution in [2.75, 3.05) is 12.4 Å². The third-order valence-corrected chi connectivity index (χ3v) is 2.55. The molecule has 0 bridgehead atoms. The number of phenolic OH excluding ortho intramolecular Hbond substituents is 1. The molecule has 0 atom stereocenters. The Morgan fingerprint density at radius 3 is 2.53 bits per heavy atom. The summed E-state index contributed by atoms with van der Waals surface area (Å²) in [5.74, 6) is -0.835. The van der Waals surface area contributed by atoms with E-state index in [-0.39, 0.29) is 17.1 Å². The van der Waals surface area contributed by atoms with Gasteiger partial charge in [-0.05, 0) is 36.4 Å². The lowest BCUT2D eigenvalue weighted by atomic mass is 10.1. The maximum absolute atomic E-state index is 12.8. The van der Waals surface area contributed by atoms with Crippen LogP contribution < -0.4 is 10.1 Å². The van der Waals surface area contributed by atoms with Gasteiger partial charge in [0.15, 0.2) is 0 Å². The van der Waals surface area contributed by atoms with Crippen LogP contribution in [-0.2, 0) is 0 Å². The molecule has 0 spiro atoms. The monoisotopic (exact) mass is 261 g/mol. The molecule has 2 aromatic carbocycles. The molecule has 0 radical (unpaired) electrons. The summed E-state index contributed by atoms with van der Waals surface area (Å²) in [6.45, 7) is 0. The van der Waals surface area contributed by atoms with Gasteiger partial charge < -0.3 is 15.2 Å². The van der Waals surface area contributed by atoms with E-state index in [9.17, 15) is 14.3 Å². The molecule has 0 fully saturated rings. The van der Waals surface area contributed by atoms with Crippen LogP contribution in [0.3, 0.4) is 0 Å². The first kappa shape index (κ1) is 12.9. The highest BCUT2D eigenvalue weighted by atomic mass is 19.1. The van der Waals surface area contributed by atoms with E-state index >= 15 is 0 Å². The minimum atomic E-state index is -0.526. The van der Waals surface area contributed by atoms with Crippen molar-refractivity contribution in [2.24, 2.45) is 0 Å². The molecule has 2 N–H and O–H groups in total. The molecule has 0 saturated carbocycles. The molecule has 2 rings (SSSR count). The van der Waals surface area contributed by atoms with Gasteiger partial charge in [-0.3, -0.25) is 4.79 Å². The Morgan fingerprint density at radius 1 is 1.21 bits per heavy atom. The molecule has 0 aromatic heterocycles. The second-order valence-electron chi connectivity index (χ2n) is 3.82. The van der Waals surface area contributed by atoms with Crippen LogP contribution in [0.15, 0.2) is 42.5 Å². The largest absolute Gasteiger partial charge is 0.507 e. The zero-order valence-electron chi connectivity index (χ0n) is 10.2. The molecule has 0 aliphatic heterocycles. The molecule has 98 valence electrons. The van der Waals surface area contributed by atoms with E-state index in [2.05, 4.69) is 5.32 Å². The van der Waals surface area contributed by atoms with E-state index in [0.29, 0.717) is 5.69 Å². The molecule has 0 unspecified atom stereocenters. The Labute approximate surface area is 109 Å². The number of anilines is 1. The van der Waals surface area contributed by atoms with Crippen molar-refractivity contribution in [1.29, 1.82) is 0 Å². The third kappa shape index (κ3) is 2.82. The Bertz CT molecular complexity index is 596. The molecule has 0 heterocycles. The smallest absolute Gasteiger partial charge is 0.263 e. The van der Waals surface area contributed by atoms with Crippen molar-refractivity contribution in [3.8, 4) is 11.5 Å². The van der Waals surface area contributed by atoms with Gasteiger partial charge in [0, 0.05) is 5.69 Å². The number of phenols is 1. The fourth-order valence-corrected chi connectivity index (χ4v) is 1.64. The van der Waals surface area contributed by atoms with Gasteiger partial charge in [0.25, 0.3) is 5.91 Å². The van der Waals surface area contributed by atoms with E-state index in [1.807, 2.05) is 0 Å². The van der Waals surface area contributed by atoms with E-state index in [0.717, 1.165) is 0 Å². The number of amides is 1. The normalized spacial score (nSPS) is 10.0.